The van der Waals surface area contributed by atoms with Gasteiger partial charge in [0.2, 0.25) is 0 Å². The van der Waals surface area contributed by atoms with Crippen molar-refractivity contribution in [2.24, 2.45) is 5.92 Å². The van der Waals surface area contributed by atoms with Crippen LogP contribution in [-0.2, 0) is 9.47 Å². The van der Waals surface area contributed by atoms with Gasteiger partial charge in [0.25, 0.3) is 0 Å². The van der Waals surface area contributed by atoms with Crippen LogP contribution >= 0.6 is 11.8 Å². The van der Waals surface area contributed by atoms with Gasteiger partial charge in [-0.2, -0.15) is 11.8 Å². The number of allylic oxidation sites excluding steroid dienone is 1. The second kappa shape index (κ2) is 9.08. The zero-order valence-electron chi connectivity index (χ0n) is 12.7. The molecule has 0 aromatic carbocycles. The first-order valence-corrected chi connectivity index (χ1v) is 9.08. The fourth-order valence-corrected chi connectivity index (χ4v) is 4.33. The van der Waals surface area contributed by atoms with E-state index in [1.807, 2.05) is 0 Å². The molecule has 2 heterocycles. The number of ether oxygens (including phenoxy) is 2. The Morgan fingerprint density at radius 3 is 3.00 bits per heavy atom. The lowest BCUT2D eigenvalue weighted by Crippen LogP contribution is -2.42. The quantitative estimate of drug-likeness (QED) is 0.578. The minimum atomic E-state index is 0.217. The van der Waals surface area contributed by atoms with Gasteiger partial charge in [-0.05, 0) is 56.1 Å². The standard InChI is InChI=1S/C16H29NO2S/c1-18-11-9-17-8-3-2-4-15-5-10-19-16(14-15)6-12-20-13-7-16/h2,4,15,17H,3,5-14H2,1H3/b4-2+. The molecule has 116 valence electrons. The zero-order valence-corrected chi connectivity index (χ0v) is 13.6. The molecule has 2 aliphatic rings. The van der Waals surface area contributed by atoms with E-state index in [0.717, 1.165) is 38.6 Å². The zero-order chi connectivity index (χ0) is 14.1. The highest BCUT2D eigenvalue weighted by atomic mass is 32.2. The number of hydrogen-bond acceptors (Lipinski definition) is 4. The summed E-state index contributed by atoms with van der Waals surface area (Å²) < 4.78 is 11.1. The normalized spacial score (nSPS) is 26.4. The maximum absolute atomic E-state index is 6.13. The molecule has 3 nitrogen and oxygen atoms in total. The Hall–Kier alpha value is -0.0300. The first-order valence-electron chi connectivity index (χ1n) is 7.93. The third-order valence-electron chi connectivity index (χ3n) is 4.31. The third-order valence-corrected chi connectivity index (χ3v) is 5.30. The lowest BCUT2D eigenvalue weighted by atomic mass is 9.82. The van der Waals surface area contributed by atoms with Crippen LogP contribution < -0.4 is 5.32 Å². The molecule has 2 aliphatic heterocycles. The van der Waals surface area contributed by atoms with Crippen LogP contribution in [0.25, 0.3) is 0 Å². The SMILES string of the molecule is COCCNCC/C=C/C1CCOC2(CCSCC2)C1. The van der Waals surface area contributed by atoms with Crippen molar-refractivity contribution in [2.75, 3.05) is 44.9 Å². The molecule has 1 atom stereocenters. The van der Waals surface area contributed by atoms with Crippen molar-refractivity contribution in [1.82, 2.24) is 5.32 Å². The average molecular weight is 299 g/mol. The van der Waals surface area contributed by atoms with Crippen molar-refractivity contribution in [2.45, 2.75) is 37.7 Å². The summed E-state index contributed by atoms with van der Waals surface area (Å²) in [6, 6.07) is 0. The largest absolute Gasteiger partial charge is 0.383 e. The summed E-state index contributed by atoms with van der Waals surface area (Å²) in [6.07, 6.45) is 10.8. The molecule has 0 bridgehead atoms. The molecule has 20 heavy (non-hydrogen) atoms. The van der Waals surface area contributed by atoms with Gasteiger partial charge in [0, 0.05) is 20.3 Å². The second-order valence-corrected chi connectivity index (χ2v) is 7.08. The lowest BCUT2D eigenvalue weighted by Gasteiger charge is -2.42. The number of rotatable bonds is 7. The van der Waals surface area contributed by atoms with Crippen molar-refractivity contribution < 1.29 is 9.47 Å². The van der Waals surface area contributed by atoms with Crippen LogP contribution in [0.5, 0.6) is 0 Å². The van der Waals surface area contributed by atoms with E-state index in [4.69, 9.17) is 9.47 Å². The molecule has 1 spiro atoms. The summed E-state index contributed by atoms with van der Waals surface area (Å²) in [6.45, 7) is 3.74. The van der Waals surface area contributed by atoms with Gasteiger partial charge in [0.15, 0.2) is 0 Å². The number of hydrogen-bond donors (Lipinski definition) is 1. The maximum Gasteiger partial charge on any atom is 0.0703 e. The molecule has 0 amide bonds. The molecule has 0 aliphatic carbocycles. The Morgan fingerprint density at radius 1 is 1.35 bits per heavy atom. The van der Waals surface area contributed by atoms with E-state index < -0.39 is 0 Å². The highest BCUT2D eigenvalue weighted by Gasteiger charge is 2.37. The van der Waals surface area contributed by atoms with Crippen molar-refractivity contribution in [3.05, 3.63) is 12.2 Å². The number of nitrogens with one attached hydrogen (secondary N) is 1. The van der Waals surface area contributed by atoms with Gasteiger partial charge in [0.1, 0.15) is 0 Å². The smallest absolute Gasteiger partial charge is 0.0703 e. The summed E-state index contributed by atoms with van der Waals surface area (Å²) in [5.41, 5.74) is 0.217. The fourth-order valence-electron chi connectivity index (χ4n) is 3.10. The van der Waals surface area contributed by atoms with Gasteiger partial charge < -0.3 is 14.8 Å². The molecule has 0 aromatic rings. The van der Waals surface area contributed by atoms with Crippen molar-refractivity contribution >= 4 is 11.8 Å². The van der Waals surface area contributed by atoms with E-state index in [9.17, 15) is 0 Å². The first kappa shape index (κ1) is 16.3. The van der Waals surface area contributed by atoms with Gasteiger partial charge in [-0.3, -0.25) is 0 Å². The summed E-state index contributed by atoms with van der Waals surface area (Å²) >= 11 is 2.08. The van der Waals surface area contributed by atoms with Gasteiger partial charge in [-0.1, -0.05) is 12.2 Å². The topological polar surface area (TPSA) is 30.5 Å². The lowest BCUT2D eigenvalue weighted by molar-refractivity contribution is -0.0949. The van der Waals surface area contributed by atoms with Crippen molar-refractivity contribution in [3.63, 3.8) is 0 Å². The van der Waals surface area contributed by atoms with Crippen molar-refractivity contribution in [1.29, 1.82) is 0 Å². The Morgan fingerprint density at radius 2 is 2.20 bits per heavy atom. The monoisotopic (exact) mass is 299 g/mol. The molecular weight excluding hydrogens is 270 g/mol. The van der Waals surface area contributed by atoms with Crippen LogP contribution in [0.3, 0.4) is 0 Å². The number of thioether (sulfide) groups is 1. The van der Waals surface area contributed by atoms with Crippen LogP contribution in [0.15, 0.2) is 12.2 Å². The van der Waals surface area contributed by atoms with Crippen molar-refractivity contribution in [3.8, 4) is 0 Å². The summed E-state index contributed by atoms with van der Waals surface area (Å²) in [5, 5.41) is 3.38. The predicted octanol–water partition coefficient (Wildman–Crippen LogP) is 2.86. The Kier molecular flexibility index (Phi) is 7.42. The van der Waals surface area contributed by atoms with E-state index in [-0.39, 0.29) is 5.60 Å². The van der Waals surface area contributed by atoms with E-state index in [2.05, 4.69) is 29.2 Å². The minimum Gasteiger partial charge on any atom is -0.383 e. The molecule has 2 fully saturated rings. The van der Waals surface area contributed by atoms with Gasteiger partial charge in [-0.25, -0.2) is 0 Å². The van der Waals surface area contributed by atoms with E-state index in [1.54, 1.807) is 7.11 Å². The molecular formula is C16H29NO2S. The Bertz CT molecular complexity index is 285. The molecule has 0 aromatic heterocycles. The number of methoxy groups -OCH3 is 1. The summed E-state index contributed by atoms with van der Waals surface area (Å²) in [5.74, 6) is 3.28. The Balaban J connectivity index is 1.64. The second-order valence-electron chi connectivity index (χ2n) is 5.86. The van der Waals surface area contributed by atoms with Gasteiger partial charge in [-0.15, -0.1) is 0 Å². The van der Waals surface area contributed by atoms with Crippen LogP contribution in [0, 0.1) is 5.92 Å². The van der Waals surface area contributed by atoms with E-state index >= 15 is 0 Å². The summed E-state index contributed by atoms with van der Waals surface area (Å²) in [7, 11) is 1.74. The Labute approximate surface area is 127 Å². The summed E-state index contributed by atoms with van der Waals surface area (Å²) in [4.78, 5) is 0. The predicted molar refractivity (Wildman–Crippen MR) is 86.5 cm³/mol. The first-order chi connectivity index (χ1) is 9.85. The van der Waals surface area contributed by atoms with E-state index in [1.165, 1.54) is 37.2 Å². The third kappa shape index (κ3) is 5.40. The van der Waals surface area contributed by atoms with Crippen LogP contribution in [0.2, 0.25) is 0 Å². The molecule has 0 radical (unpaired) electrons. The van der Waals surface area contributed by atoms with Gasteiger partial charge in [0.05, 0.1) is 12.2 Å². The highest BCUT2D eigenvalue weighted by Crippen LogP contribution is 2.40. The highest BCUT2D eigenvalue weighted by molar-refractivity contribution is 7.99. The maximum atomic E-state index is 6.13. The average Bonchev–Trinajstić information content (AvgIpc) is 2.47. The molecule has 1 N–H and O–H groups in total. The fraction of sp³-hybridized carbons (Fsp3) is 0.875. The van der Waals surface area contributed by atoms with Crippen LogP contribution in [0.4, 0.5) is 0 Å². The molecule has 4 heteroatoms. The van der Waals surface area contributed by atoms with Crippen LogP contribution in [0.1, 0.15) is 32.1 Å². The molecule has 2 saturated heterocycles. The van der Waals surface area contributed by atoms with Gasteiger partial charge >= 0.3 is 0 Å². The van der Waals surface area contributed by atoms with E-state index in [0.29, 0.717) is 0 Å². The van der Waals surface area contributed by atoms with Crippen LogP contribution in [-0.4, -0.2) is 50.5 Å². The molecule has 1 unspecified atom stereocenters. The minimum absolute atomic E-state index is 0.217. The molecule has 2 rings (SSSR count). The molecule has 0 saturated carbocycles.